The largest absolute Gasteiger partial charge is 0.786 e. The van der Waals surface area contributed by atoms with Crippen LogP contribution in [0.3, 0.4) is 0 Å². The van der Waals surface area contributed by atoms with Gasteiger partial charge in [0.2, 0.25) is 12.7 Å². The normalized spacial score (nSPS) is 23.7. The third kappa shape index (κ3) is 22.1. The summed E-state index contributed by atoms with van der Waals surface area (Å²) in [6, 6.07) is 32.5. The molecule has 132 heavy (non-hydrogen) atoms. The van der Waals surface area contributed by atoms with E-state index < -0.39 is 123 Å². The number of para-hydroxylation sites is 2. The van der Waals surface area contributed by atoms with Crippen LogP contribution in [-0.4, -0.2) is 142 Å². The van der Waals surface area contributed by atoms with Crippen molar-refractivity contribution in [1.82, 2.24) is 18.3 Å². The Kier molecular flexibility index (Phi) is 28.7. The molecule has 4 aromatic heterocycles. The molecule has 4 saturated carbocycles. The van der Waals surface area contributed by atoms with Gasteiger partial charge < -0.3 is 74.5 Å². The first-order valence-electron chi connectivity index (χ1n) is 43.5. The van der Waals surface area contributed by atoms with Crippen LogP contribution in [0.1, 0.15) is 189 Å². The Hall–Kier alpha value is -14.5. The Morgan fingerprint density at radius 2 is 0.621 bits per heavy atom. The zero-order chi connectivity index (χ0) is 95.0. The molecule has 4 spiro atoms. The van der Waals surface area contributed by atoms with Gasteiger partial charge in [0.1, 0.15) is 96.5 Å². The van der Waals surface area contributed by atoms with Gasteiger partial charge in [0.25, 0.3) is 12.7 Å². The van der Waals surface area contributed by atoms with Crippen LogP contribution >= 0.6 is 0 Å². The Balaban J connectivity index is 0.000000130. The topological polar surface area (TPSA) is 456 Å². The van der Waals surface area contributed by atoms with Crippen molar-refractivity contribution >= 4 is 123 Å². The molecule has 4 aromatic carbocycles. The van der Waals surface area contributed by atoms with E-state index in [9.17, 15) is 76.7 Å². The van der Waals surface area contributed by atoms with Crippen LogP contribution in [0.25, 0.3) is 22.7 Å². The second-order valence-corrected chi connectivity index (χ2v) is 34.7. The van der Waals surface area contributed by atoms with E-state index in [1.54, 1.807) is 0 Å². The second kappa shape index (κ2) is 39.8. The van der Waals surface area contributed by atoms with E-state index in [0.717, 1.165) is 47.6 Å². The molecule has 12 aliphatic rings. The summed E-state index contributed by atoms with van der Waals surface area (Å²) in [4.78, 5) is 168. The van der Waals surface area contributed by atoms with Crippen molar-refractivity contribution < 1.29 is 169 Å². The lowest BCUT2D eigenvalue weighted by Gasteiger charge is -2.36. The van der Waals surface area contributed by atoms with E-state index in [1.165, 1.54) is 146 Å². The number of hydrogen-bond donors (Lipinski definition) is 0. The molecule has 0 radical (unpaired) electrons. The average molecular weight is 1830 g/mol. The minimum absolute atomic E-state index is 0.681. The number of benzene rings is 4. The molecule has 4 atom stereocenters. The SMILES string of the molecule is CC1CC(C)C(n2cc[n+](C3C(C)CC(C)CC3C)c2)C(C)C1.Cc1cc(C)c(-n2cc[n+](-c3c(C)cc(C)cc3C)c2)c(C)c1.O=C1O[B-]2(OC1=O)OC(=O)C(=O)O2.O=C1O[B-]2(OC1=O)OC(=O)C(=O)O2.O=C1O[B-]2(OC1=O)OC(=O)C(=O)O2.O=C1O[B-]2(OC1=O)OC(=O)C(=O)O2.c1c[n+](C2CCCCC2)cn1C1CCCCC1.c1ccc(-n2cc[n+](-c3ccccc3)c2)cc1. The number of nitrogens with zero attached hydrogens (tertiary/aromatic N) is 8. The Morgan fingerprint density at radius 3 is 1.01 bits per heavy atom. The number of aromatic nitrogens is 8. The maximum Gasteiger partial charge on any atom is 0.786 e. The molecule has 0 bridgehead atoms. The van der Waals surface area contributed by atoms with Gasteiger partial charge in [-0.25, -0.2) is 113 Å². The van der Waals surface area contributed by atoms with Gasteiger partial charge >= 0.3 is 123 Å². The lowest BCUT2D eigenvalue weighted by molar-refractivity contribution is -0.738. The van der Waals surface area contributed by atoms with Gasteiger partial charge in [-0.15, -0.1) is 0 Å². The van der Waals surface area contributed by atoms with E-state index in [1.807, 2.05) is 36.4 Å². The van der Waals surface area contributed by atoms with Gasteiger partial charge in [-0.2, -0.15) is 0 Å². The number of hydrogen-bond acceptors (Lipinski definition) is 32. The molecule has 44 heteroatoms. The zero-order valence-electron chi connectivity index (χ0n) is 74.6. The van der Waals surface area contributed by atoms with Crippen LogP contribution in [0.15, 0.2) is 160 Å². The third-order valence-electron chi connectivity index (χ3n) is 24.0. The highest BCUT2D eigenvalue weighted by atomic mass is 17.0. The van der Waals surface area contributed by atoms with Crippen molar-refractivity contribution in [3.05, 3.63) is 193 Å². The molecule has 8 aliphatic heterocycles. The van der Waals surface area contributed by atoms with Gasteiger partial charge in [-0.3, -0.25) is 0 Å². The molecule has 8 aromatic rings. The predicted molar refractivity (Wildman–Crippen MR) is 449 cm³/mol. The van der Waals surface area contributed by atoms with Crippen molar-refractivity contribution in [3.63, 3.8) is 0 Å². The fourth-order valence-electron chi connectivity index (χ4n) is 19.0. The maximum atomic E-state index is 10.5. The van der Waals surface area contributed by atoms with Crippen molar-refractivity contribution in [2.75, 3.05) is 0 Å². The molecule has 4 aliphatic carbocycles. The van der Waals surface area contributed by atoms with E-state index in [-0.39, 0.29) is 0 Å². The van der Waals surface area contributed by atoms with E-state index >= 15 is 0 Å². The van der Waals surface area contributed by atoms with Crippen LogP contribution in [-0.2, 0) is 151 Å². The predicted octanol–water partition coefficient (Wildman–Crippen LogP) is 6.89. The van der Waals surface area contributed by atoms with Crippen molar-refractivity contribution in [1.29, 1.82) is 0 Å². The first-order chi connectivity index (χ1) is 62.7. The standard InChI is InChI=1S/C21H37N2.C21H25N2.C15H25N2.C15H13N2.4C4BO8/c2*1-14-9-16(3)20(17(4)10-14)22-7-8-23(13-22)21-18(5)11-15(2)12-19(21)6;2*1-3-7-14(8-4-1)16-11-12-17(13-16)15-9-5-2-6-10-15;4*6-1-2(7)11-5(10-1)12-3(8)4(9)13-5/h7-8,13-21H,9-12H2,1-6H3;7-13H,1-6H3;11-15H,1-10H2;1-13H;;;;/q4*+1;4*-1. The highest BCUT2D eigenvalue weighted by Gasteiger charge is 2.64. The molecular formula is C88H100B4N8O32. The van der Waals surface area contributed by atoms with Crippen LogP contribution in [0.2, 0.25) is 0 Å². The molecule has 12 fully saturated rings. The first-order valence-corrected chi connectivity index (χ1v) is 43.5. The van der Waals surface area contributed by atoms with Crippen LogP contribution < -0.4 is 18.3 Å². The summed E-state index contributed by atoms with van der Waals surface area (Å²) in [5.74, 6) is -17.0. The monoisotopic (exact) mass is 1820 g/mol. The van der Waals surface area contributed by atoms with Crippen molar-refractivity contribution in [3.8, 4) is 22.7 Å². The molecular weight excluding hydrogens is 1720 g/mol. The fraction of sp³-hybridized carbons (Fsp3) is 0.409. The quantitative estimate of drug-likeness (QED) is 0.0848. The Bertz CT molecular complexity index is 5020. The van der Waals surface area contributed by atoms with Gasteiger partial charge in [0, 0.05) is 0 Å². The van der Waals surface area contributed by atoms with E-state index in [2.05, 4.69) is 318 Å². The summed E-state index contributed by atoms with van der Waals surface area (Å²) < 4.78 is 84.8. The smallest absolute Gasteiger partial charge is 0.576 e. The number of imidazole rings is 4. The maximum absolute atomic E-state index is 10.5. The minimum Gasteiger partial charge on any atom is -0.576 e. The molecule has 0 N–H and O–H groups in total. The Morgan fingerprint density at radius 1 is 0.311 bits per heavy atom. The first kappa shape index (κ1) is 95.1. The van der Waals surface area contributed by atoms with Crippen LogP contribution in [0.4, 0.5) is 0 Å². The van der Waals surface area contributed by atoms with E-state index in [4.69, 9.17) is 0 Å². The molecule has 0 amide bonds. The van der Waals surface area contributed by atoms with Gasteiger partial charge in [0.05, 0.1) is 0 Å². The van der Waals surface area contributed by atoms with Crippen LogP contribution in [0, 0.1) is 77.0 Å². The molecule has 20 rings (SSSR count). The summed E-state index contributed by atoms with van der Waals surface area (Å²) in [5.41, 5.74) is 12.7. The molecule has 12 heterocycles. The Labute approximate surface area is 756 Å². The van der Waals surface area contributed by atoms with Gasteiger partial charge in [0.15, 0.2) is 0 Å². The summed E-state index contributed by atoms with van der Waals surface area (Å²) in [6.45, 7) is 14.5. The van der Waals surface area contributed by atoms with E-state index in [0.29, 0.717) is 12.1 Å². The van der Waals surface area contributed by atoms with Crippen LogP contribution in [0.5, 0.6) is 0 Å². The fourth-order valence-corrected chi connectivity index (χ4v) is 19.0. The summed E-state index contributed by atoms with van der Waals surface area (Å²) in [5, 5.41) is 0. The molecule has 8 saturated heterocycles. The summed E-state index contributed by atoms with van der Waals surface area (Å²) in [7, 11) is 0. The van der Waals surface area contributed by atoms with Crippen molar-refractivity contribution in [2.45, 2.75) is 197 Å². The highest BCUT2D eigenvalue weighted by Crippen LogP contribution is 2.43. The average Bonchev–Trinajstić information content (AvgIpc) is 1.64. The van der Waals surface area contributed by atoms with Gasteiger partial charge in [-0.05, 0) is 201 Å². The third-order valence-corrected chi connectivity index (χ3v) is 24.0. The lowest BCUT2D eigenvalue weighted by atomic mass is 9.73. The summed E-state index contributed by atoms with van der Waals surface area (Å²) in [6.07, 6.45) is 46.4. The molecule has 40 nitrogen and oxygen atoms in total. The van der Waals surface area contributed by atoms with Crippen molar-refractivity contribution in [2.24, 2.45) is 35.5 Å². The van der Waals surface area contributed by atoms with Gasteiger partial charge in [-0.1, -0.05) is 126 Å². The second-order valence-electron chi connectivity index (χ2n) is 34.7. The molecule has 696 valence electrons. The molecule has 4 unspecified atom stereocenters. The lowest BCUT2D eigenvalue weighted by Crippen LogP contribution is -2.48. The summed E-state index contributed by atoms with van der Waals surface area (Å²) >= 11 is 0. The number of carbonyl (C=O) groups is 16. The number of aryl methyl sites for hydroxylation is 6. The zero-order valence-corrected chi connectivity index (χ0v) is 74.6. The number of carbonyl (C=O) groups excluding carboxylic acids is 16. The number of rotatable bonds is 8. The highest BCUT2D eigenvalue weighted by molar-refractivity contribution is 6.76. The minimum atomic E-state index is -3.30.